The molecule has 0 fully saturated rings. The van der Waals surface area contributed by atoms with Crippen LogP contribution in [0.2, 0.25) is 5.02 Å². The zero-order chi connectivity index (χ0) is 16.4. The number of anilines is 1. The van der Waals surface area contributed by atoms with Gasteiger partial charge in [0.1, 0.15) is 0 Å². The minimum Gasteiger partial charge on any atom is -0.461 e. The highest BCUT2D eigenvalue weighted by molar-refractivity contribution is 6.31. The van der Waals surface area contributed by atoms with E-state index in [4.69, 9.17) is 22.1 Å². The van der Waals surface area contributed by atoms with Crippen molar-refractivity contribution in [1.29, 1.82) is 0 Å². The first-order chi connectivity index (χ1) is 11.1. The number of carbonyl (C=O) groups is 1. The van der Waals surface area contributed by atoms with Crippen molar-refractivity contribution in [3.8, 4) is 0 Å². The third kappa shape index (κ3) is 3.27. The molecule has 0 saturated heterocycles. The molecule has 0 unspecified atom stereocenters. The Morgan fingerprint density at radius 1 is 1.39 bits per heavy atom. The van der Waals surface area contributed by atoms with Crippen molar-refractivity contribution < 1.29 is 9.53 Å². The lowest BCUT2D eigenvalue weighted by atomic mass is 10.1. The third-order valence-corrected chi connectivity index (χ3v) is 3.56. The summed E-state index contributed by atoms with van der Waals surface area (Å²) in [7, 11) is 0. The molecule has 2 aromatic heterocycles. The van der Waals surface area contributed by atoms with Crippen LogP contribution in [0.3, 0.4) is 0 Å². The monoisotopic (exact) mass is 330 g/mol. The van der Waals surface area contributed by atoms with Gasteiger partial charge in [-0.1, -0.05) is 17.7 Å². The Balaban J connectivity index is 1.88. The normalized spacial score (nSPS) is 10.9. The molecule has 0 atom stereocenters. The molecule has 0 aliphatic rings. The number of hydrogen-bond donors (Lipinski definition) is 1. The van der Waals surface area contributed by atoms with Crippen molar-refractivity contribution >= 4 is 34.4 Å². The van der Waals surface area contributed by atoms with Gasteiger partial charge in [-0.15, -0.1) is 0 Å². The SMILES string of the molecule is CCOC(=O)c1cn(Cc2ccc3ncc(Cl)cc3c2)c(N)n1. The van der Waals surface area contributed by atoms with Crippen LogP contribution in [0.25, 0.3) is 10.9 Å². The van der Waals surface area contributed by atoms with E-state index in [0.29, 0.717) is 18.2 Å². The fourth-order valence-corrected chi connectivity index (χ4v) is 2.48. The summed E-state index contributed by atoms with van der Waals surface area (Å²) in [4.78, 5) is 20.0. The molecule has 0 saturated carbocycles. The number of rotatable bonds is 4. The predicted molar refractivity (Wildman–Crippen MR) is 88.5 cm³/mol. The smallest absolute Gasteiger partial charge is 0.358 e. The van der Waals surface area contributed by atoms with E-state index in [-0.39, 0.29) is 11.6 Å². The number of pyridine rings is 1. The van der Waals surface area contributed by atoms with Crippen LogP contribution < -0.4 is 5.73 Å². The maximum absolute atomic E-state index is 11.7. The van der Waals surface area contributed by atoms with Gasteiger partial charge in [0.15, 0.2) is 5.69 Å². The number of benzene rings is 1. The van der Waals surface area contributed by atoms with Crippen LogP contribution in [0.1, 0.15) is 23.0 Å². The Bertz CT molecular complexity index is 876. The second-order valence-electron chi connectivity index (χ2n) is 5.01. The van der Waals surface area contributed by atoms with Gasteiger partial charge in [0.25, 0.3) is 0 Å². The summed E-state index contributed by atoms with van der Waals surface area (Å²) >= 11 is 5.98. The van der Waals surface area contributed by atoms with Crippen LogP contribution in [0, 0.1) is 0 Å². The van der Waals surface area contributed by atoms with Gasteiger partial charge in [0, 0.05) is 17.8 Å². The van der Waals surface area contributed by atoms with Gasteiger partial charge in [0.05, 0.1) is 23.7 Å². The van der Waals surface area contributed by atoms with Crippen molar-refractivity contribution in [2.45, 2.75) is 13.5 Å². The minimum atomic E-state index is -0.479. The average molecular weight is 331 g/mol. The molecular weight excluding hydrogens is 316 g/mol. The molecule has 1 aromatic carbocycles. The molecule has 3 rings (SSSR count). The van der Waals surface area contributed by atoms with Crippen LogP contribution in [0.4, 0.5) is 5.95 Å². The predicted octanol–water partition coefficient (Wildman–Crippen LogP) is 2.89. The minimum absolute atomic E-state index is 0.204. The fraction of sp³-hybridized carbons (Fsp3) is 0.188. The Morgan fingerprint density at radius 2 is 2.22 bits per heavy atom. The van der Waals surface area contributed by atoms with Crippen LogP contribution in [-0.4, -0.2) is 27.1 Å². The summed E-state index contributed by atoms with van der Waals surface area (Å²) in [6, 6.07) is 7.71. The second kappa shape index (κ2) is 6.26. The number of nitrogen functional groups attached to an aromatic ring is 1. The van der Waals surface area contributed by atoms with Gasteiger partial charge in [0.2, 0.25) is 5.95 Å². The Labute approximate surface area is 137 Å². The van der Waals surface area contributed by atoms with Crippen LogP contribution in [0.15, 0.2) is 36.7 Å². The second-order valence-corrected chi connectivity index (χ2v) is 5.45. The average Bonchev–Trinajstić information content (AvgIpc) is 2.88. The number of nitrogens with zero attached hydrogens (tertiary/aromatic N) is 3. The summed E-state index contributed by atoms with van der Waals surface area (Å²) in [5.41, 5.74) is 7.94. The zero-order valence-electron chi connectivity index (χ0n) is 12.5. The molecule has 0 bridgehead atoms. The summed E-state index contributed by atoms with van der Waals surface area (Å²) in [5, 5.41) is 1.53. The van der Waals surface area contributed by atoms with Crippen molar-refractivity contribution in [3.05, 3.63) is 52.9 Å². The fourth-order valence-electron chi connectivity index (χ4n) is 2.31. The topological polar surface area (TPSA) is 83.0 Å². The quantitative estimate of drug-likeness (QED) is 0.744. The summed E-state index contributed by atoms with van der Waals surface area (Å²) in [6.45, 7) is 2.53. The van der Waals surface area contributed by atoms with Crippen LogP contribution in [0.5, 0.6) is 0 Å². The molecule has 0 amide bonds. The first-order valence-corrected chi connectivity index (χ1v) is 7.48. The molecule has 6 nitrogen and oxygen atoms in total. The lowest BCUT2D eigenvalue weighted by Crippen LogP contribution is -2.05. The van der Waals surface area contributed by atoms with E-state index in [9.17, 15) is 4.79 Å². The Kier molecular flexibility index (Phi) is 4.16. The first kappa shape index (κ1) is 15.3. The van der Waals surface area contributed by atoms with E-state index in [2.05, 4.69) is 9.97 Å². The van der Waals surface area contributed by atoms with E-state index in [1.807, 2.05) is 24.3 Å². The van der Waals surface area contributed by atoms with Gasteiger partial charge < -0.3 is 15.0 Å². The van der Waals surface area contributed by atoms with Crippen molar-refractivity contribution in [2.75, 3.05) is 12.3 Å². The first-order valence-electron chi connectivity index (χ1n) is 7.11. The zero-order valence-corrected chi connectivity index (χ0v) is 13.2. The van der Waals surface area contributed by atoms with E-state index < -0.39 is 5.97 Å². The largest absolute Gasteiger partial charge is 0.461 e. The van der Waals surface area contributed by atoms with E-state index >= 15 is 0 Å². The molecule has 0 spiro atoms. The van der Waals surface area contributed by atoms with Crippen LogP contribution >= 0.6 is 11.6 Å². The lowest BCUT2D eigenvalue weighted by Gasteiger charge is -2.06. The lowest BCUT2D eigenvalue weighted by molar-refractivity contribution is 0.0520. The van der Waals surface area contributed by atoms with Crippen LogP contribution in [-0.2, 0) is 11.3 Å². The summed E-state index contributed by atoms with van der Waals surface area (Å²) in [6.07, 6.45) is 3.21. The van der Waals surface area contributed by atoms with E-state index in [1.165, 1.54) is 0 Å². The molecule has 23 heavy (non-hydrogen) atoms. The number of aromatic nitrogens is 3. The van der Waals surface area contributed by atoms with Crippen molar-refractivity contribution in [2.24, 2.45) is 0 Å². The highest BCUT2D eigenvalue weighted by Gasteiger charge is 2.13. The van der Waals surface area contributed by atoms with Gasteiger partial charge >= 0.3 is 5.97 Å². The standard InChI is InChI=1S/C16H15ClN4O2/c1-2-23-15(22)14-9-21(16(18)20-14)8-10-3-4-13-11(5-10)6-12(17)7-19-13/h3-7,9H,2,8H2,1H3,(H2,18,20). The summed E-state index contributed by atoms with van der Waals surface area (Å²) < 4.78 is 6.62. The molecule has 2 N–H and O–H groups in total. The van der Waals surface area contributed by atoms with Gasteiger partial charge in [-0.25, -0.2) is 9.78 Å². The summed E-state index contributed by atoms with van der Waals surface area (Å²) in [5.74, 6) is -0.218. The number of ether oxygens (including phenoxy) is 1. The molecule has 0 aliphatic carbocycles. The number of halogens is 1. The molecule has 118 valence electrons. The molecule has 0 aliphatic heterocycles. The van der Waals surface area contributed by atoms with Gasteiger partial charge in [-0.2, -0.15) is 0 Å². The maximum Gasteiger partial charge on any atom is 0.358 e. The number of carbonyl (C=O) groups excluding carboxylic acids is 1. The van der Waals surface area contributed by atoms with E-state index in [1.54, 1.807) is 23.9 Å². The number of fused-ring (bicyclic) bond motifs is 1. The number of esters is 1. The Hall–Kier alpha value is -2.60. The van der Waals surface area contributed by atoms with E-state index in [0.717, 1.165) is 16.5 Å². The number of hydrogen-bond acceptors (Lipinski definition) is 5. The number of imidazole rings is 1. The number of nitrogens with two attached hydrogens (primary N) is 1. The molecule has 7 heteroatoms. The van der Waals surface area contributed by atoms with Crippen molar-refractivity contribution in [3.63, 3.8) is 0 Å². The van der Waals surface area contributed by atoms with Crippen molar-refractivity contribution in [1.82, 2.24) is 14.5 Å². The molecule has 3 aromatic rings. The molecule has 0 radical (unpaired) electrons. The Morgan fingerprint density at radius 3 is 3.00 bits per heavy atom. The highest BCUT2D eigenvalue weighted by Crippen LogP contribution is 2.19. The van der Waals surface area contributed by atoms with Gasteiger partial charge in [-0.05, 0) is 30.7 Å². The maximum atomic E-state index is 11.7. The molecule has 2 heterocycles. The van der Waals surface area contributed by atoms with Gasteiger partial charge in [-0.3, -0.25) is 4.98 Å². The third-order valence-electron chi connectivity index (χ3n) is 3.36. The highest BCUT2D eigenvalue weighted by atomic mass is 35.5. The molecular formula is C16H15ClN4O2.